The van der Waals surface area contributed by atoms with Crippen LogP contribution in [0.5, 0.6) is 5.75 Å². The van der Waals surface area contributed by atoms with Crippen molar-refractivity contribution in [2.75, 3.05) is 24.7 Å². The Morgan fingerprint density at radius 2 is 2.04 bits per heavy atom. The van der Waals surface area contributed by atoms with Gasteiger partial charge in [-0.15, -0.1) is 11.8 Å². The number of urea groups is 1. The number of anilines is 1. The van der Waals surface area contributed by atoms with Crippen LogP contribution >= 0.6 is 11.8 Å². The SMILES string of the molecule is COc1ccc(C2SCCN2C(=O)Nc2ccc(C)c(F)c2)cc1. The molecule has 0 radical (unpaired) electrons. The summed E-state index contributed by atoms with van der Waals surface area (Å²) in [5, 5.41) is 2.73. The van der Waals surface area contributed by atoms with Crippen molar-refractivity contribution in [3.05, 3.63) is 59.4 Å². The highest BCUT2D eigenvalue weighted by Crippen LogP contribution is 2.38. The first-order valence-corrected chi connectivity index (χ1v) is 8.72. The standard InChI is InChI=1S/C18H19FN2O2S/c1-12-3-6-14(11-16(12)19)20-18(22)21-9-10-24-17(21)13-4-7-15(23-2)8-5-13/h3-8,11,17H,9-10H2,1-2H3,(H,20,22). The summed E-state index contributed by atoms with van der Waals surface area (Å²) in [5.41, 5.74) is 2.07. The average Bonchev–Trinajstić information content (AvgIpc) is 3.08. The number of carbonyl (C=O) groups excluding carboxylic acids is 1. The Hall–Kier alpha value is -2.21. The number of hydrogen-bond acceptors (Lipinski definition) is 3. The summed E-state index contributed by atoms with van der Waals surface area (Å²) in [6.07, 6.45) is 0. The summed E-state index contributed by atoms with van der Waals surface area (Å²) in [6.45, 7) is 2.35. The number of nitrogens with one attached hydrogen (secondary N) is 1. The van der Waals surface area contributed by atoms with Gasteiger partial charge in [-0.3, -0.25) is 0 Å². The second-order valence-electron chi connectivity index (χ2n) is 5.58. The van der Waals surface area contributed by atoms with Crippen LogP contribution in [0.1, 0.15) is 16.5 Å². The Morgan fingerprint density at radius 3 is 2.71 bits per heavy atom. The Morgan fingerprint density at radius 1 is 1.29 bits per heavy atom. The Kier molecular flexibility index (Phi) is 4.94. The van der Waals surface area contributed by atoms with Gasteiger partial charge in [0.1, 0.15) is 16.9 Å². The van der Waals surface area contributed by atoms with Crippen molar-refractivity contribution in [3.63, 3.8) is 0 Å². The van der Waals surface area contributed by atoms with E-state index < -0.39 is 0 Å². The number of carbonyl (C=O) groups is 1. The number of aryl methyl sites for hydroxylation is 1. The van der Waals surface area contributed by atoms with Crippen LogP contribution in [0, 0.1) is 12.7 Å². The second-order valence-corrected chi connectivity index (χ2v) is 6.77. The molecule has 1 aliphatic heterocycles. The van der Waals surface area contributed by atoms with Crippen molar-refractivity contribution >= 4 is 23.5 Å². The fraction of sp³-hybridized carbons (Fsp3) is 0.278. The maximum atomic E-state index is 13.6. The van der Waals surface area contributed by atoms with Gasteiger partial charge in [0, 0.05) is 18.0 Å². The average molecular weight is 346 g/mol. The minimum atomic E-state index is -0.324. The third-order valence-electron chi connectivity index (χ3n) is 3.98. The molecule has 0 saturated carbocycles. The Labute approximate surface area is 145 Å². The highest BCUT2D eigenvalue weighted by Gasteiger charge is 2.30. The predicted octanol–water partition coefficient (Wildman–Crippen LogP) is 4.42. The molecule has 1 fully saturated rings. The van der Waals surface area contributed by atoms with Gasteiger partial charge in [0.25, 0.3) is 0 Å². The molecule has 4 nitrogen and oxygen atoms in total. The van der Waals surface area contributed by atoms with E-state index in [1.54, 1.807) is 42.8 Å². The summed E-state index contributed by atoms with van der Waals surface area (Å²) in [7, 11) is 1.62. The lowest BCUT2D eigenvalue weighted by atomic mass is 10.2. The van der Waals surface area contributed by atoms with Crippen molar-refractivity contribution in [1.29, 1.82) is 0 Å². The molecule has 3 rings (SSSR count). The van der Waals surface area contributed by atoms with Gasteiger partial charge < -0.3 is 15.0 Å². The molecule has 1 unspecified atom stereocenters. The lowest BCUT2D eigenvalue weighted by Crippen LogP contribution is -2.34. The van der Waals surface area contributed by atoms with Crippen LogP contribution in [-0.4, -0.2) is 30.3 Å². The molecule has 1 N–H and O–H groups in total. The highest BCUT2D eigenvalue weighted by molar-refractivity contribution is 7.99. The molecule has 1 heterocycles. The monoisotopic (exact) mass is 346 g/mol. The first-order valence-electron chi connectivity index (χ1n) is 7.68. The zero-order chi connectivity index (χ0) is 17.1. The highest BCUT2D eigenvalue weighted by atomic mass is 32.2. The summed E-state index contributed by atoms with van der Waals surface area (Å²) in [4.78, 5) is 14.3. The lowest BCUT2D eigenvalue weighted by Gasteiger charge is -2.24. The quantitative estimate of drug-likeness (QED) is 0.894. The van der Waals surface area contributed by atoms with Gasteiger partial charge in [0.05, 0.1) is 7.11 Å². The minimum absolute atomic E-state index is 0.0498. The number of thioether (sulfide) groups is 1. The van der Waals surface area contributed by atoms with E-state index in [4.69, 9.17) is 4.74 Å². The number of benzene rings is 2. The Bertz CT molecular complexity index is 736. The molecule has 1 saturated heterocycles. The number of ether oxygens (including phenoxy) is 1. The van der Waals surface area contributed by atoms with Gasteiger partial charge in [0.2, 0.25) is 0 Å². The van der Waals surface area contributed by atoms with Crippen molar-refractivity contribution in [3.8, 4) is 5.75 Å². The molecule has 2 aromatic rings. The van der Waals surface area contributed by atoms with E-state index in [0.29, 0.717) is 17.8 Å². The molecular weight excluding hydrogens is 327 g/mol. The van der Waals surface area contributed by atoms with Gasteiger partial charge in [-0.2, -0.15) is 0 Å². The molecule has 6 heteroatoms. The van der Waals surface area contributed by atoms with Crippen LogP contribution in [0.25, 0.3) is 0 Å². The van der Waals surface area contributed by atoms with Crippen LogP contribution < -0.4 is 10.1 Å². The largest absolute Gasteiger partial charge is 0.497 e. The number of amides is 2. The van der Waals surface area contributed by atoms with E-state index in [2.05, 4.69) is 5.32 Å². The molecule has 1 atom stereocenters. The molecule has 2 aromatic carbocycles. The van der Waals surface area contributed by atoms with Crippen molar-refractivity contribution in [2.24, 2.45) is 0 Å². The van der Waals surface area contributed by atoms with Gasteiger partial charge in [-0.1, -0.05) is 18.2 Å². The number of rotatable bonds is 3. The second kappa shape index (κ2) is 7.13. The van der Waals surface area contributed by atoms with E-state index in [0.717, 1.165) is 17.1 Å². The van der Waals surface area contributed by atoms with Crippen molar-refractivity contribution in [1.82, 2.24) is 4.90 Å². The molecule has 1 aliphatic rings. The minimum Gasteiger partial charge on any atom is -0.497 e. The van der Waals surface area contributed by atoms with Crippen LogP contribution in [0.4, 0.5) is 14.9 Å². The fourth-order valence-corrected chi connectivity index (χ4v) is 3.84. The topological polar surface area (TPSA) is 41.6 Å². The zero-order valence-corrected chi connectivity index (χ0v) is 14.4. The van der Waals surface area contributed by atoms with Crippen molar-refractivity contribution < 1.29 is 13.9 Å². The molecule has 2 amide bonds. The zero-order valence-electron chi connectivity index (χ0n) is 13.6. The van der Waals surface area contributed by atoms with E-state index in [-0.39, 0.29) is 17.2 Å². The van der Waals surface area contributed by atoms with Crippen LogP contribution in [0.2, 0.25) is 0 Å². The molecule has 24 heavy (non-hydrogen) atoms. The van der Waals surface area contributed by atoms with Gasteiger partial charge in [-0.05, 0) is 42.3 Å². The summed E-state index contributed by atoms with van der Waals surface area (Å²) in [5.74, 6) is 1.33. The normalized spacial score (nSPS) is 17.0. The van der Waals surface area contributed by atoms with Gasteiger partial charge in [0.15, 0.2) is 0 Å². The first-order chi connectivity index (χ1) is 11.6. The number of nitrogens with zero attached hydrogens (tertiary/aromatic N) is 1. The van der Waals surface area contributed by atoms with E-state index >= 15 is 0 Å². The van der Waals surface area contributed by atoms with Gasteiger partial charge >= 0.3 is 6.03 Å². The predicted molar refractivity (Wildman–Crippen MR) is 95.1 cm³/mol. The van der Waals surface area contributed by atoms with E-state index in [9.17, 15) is 9.18 Å². The Balaban J connectivity index is 1.74. The number of halogens is 1. The van der Waals surface area contributed by atoms with Crippen LogP contribution in [0.15, 0.2) is 42.5 Å². The lowest BCUT2D eigenvalue weighted by molar-refractivity contribution is 0.214. The maximum Gasteiger partial charge on any atom is 0.323 e. The third-order valence-corrected chi connectivity index (χ3v) is 5.24. The van der Waals surface area contributed by atoms with E-state index in [1.165, 1.54) is 6.07 Å². The number of hydrogen-bond donors (Lipinski definition) is 1. The molecule has 0 bridgehead atoms. The summed E-state index contributed by atoms with van der Waals surface area (Å²) < 4.78 is 18.8. The van der Waals surface area contributed by atoms with Crippen LogP contribution in [0.3, 0.4) is 0 Å². The molecule has 0 aromatic heterocycles. The first kappa shape index (κ1) is 16.6. The van der Waals surface area contributed by atoms with Crippen molar-refractivity contribution in [2.45, 2.75) is 12.3 Å². The number of methoxy groups -OCH3 is 1. The van der Waals surface area contributed by atoms with Gasteiger partial charge in [-0.25, -0.2) is 9.18 Å². The molecule has 126 valence electrons. The fourth-order valence-electron chi connectivity index (χ4n) is 2.59. The summed E-state index contributed by atoms with van der Waals surface area (Å²) >= 11 is 1.71. The van der Waals surface area contributed by atoms with Crippen LogP contribution in [-0.2, 0) is 0 Å². The maximum absolute atomic E-state index is 13.6. The molecular formula is C18H19FN2O2S. The molecule has 0 spiro atoms. The summed E-state index contributed by atoms with van der Waals surface area (Å²) in [6, 6.07) is 12.2. The smallest absolute Gasteiger partial charge is 0.323 e. The molecule has 0 aliphatic carbocycles. The van der Waals surface area contributed by atoms with E-state index in [1.807, 2.05) is 24.3 Å². The third kappa shape index (κ3) is 3.48.